The lowest BCUT2D eigenvalue weighted by Gasteiger charge is -2.03. The second kappa shape index (κ2) is 8.53. The number of nitrogens with one attached hydrogen (secondary N) is 2. The number of H-pyrrole nitrogens is 1. The fraction of sp³-hybridized carbons (Fsp3) is 0.0455. The quantitative estimate of drug-likeness (QED) is 0.145. The van der Waals surface area contributed by atoms with E-state index in [0.29, 0.717) is 26.4 Å². The number of fused-ring (bicyclic) bond motifs is 2. The van der Waals surface area contributed by atoms with Gasteiger partial charge in [0.2, 0.25) is 5.13 Å². The summed E-state index contributed by atoms with van der Waals surface area (Å²) in [7, 11) is 1.64. The standard InChI is InChI=1S/C22H14Br2N4O3S/c1-30-14-2-3-18-15(7-14)12(8-25-18)9-26-28-22-27-19(10-32-22)16-5-11-4-13(23)6-17(24)20(11)31-21(16)29/h2-10,25H,1H3,(H,27,28)/b26-9+. The maximum absolute atomic E-state index is 12.5. The number of ether oxygens (including phenoxy) is 1. The molecule has 0 aliphatic heterocycles. The number of hydrogen-bond donors (Lipinski definition) is 2. The zero-order chi connectivity index (χ0) is 22.2. The minimum Gasteiger partial charge on any atom is -0.497 e. The Balaban J connectivity index is 1.40. The first-order valence-corrected chi connectivity index (χ1v) is 11.8. The minimum absolute atomic E-state index is 0.388. The van der Waals surface area contributed by atoms with Crippen LogP contribution in [0, 0.1) is 0 Å². The molecule has 0 spiro atoms. The van der Waals surface area contributed by atoms with Gasteiger partial charge in [-0.3, -0.25) is 5.43 Å². The predicted octanol–water partition coefficient (Wildman–Crippen LogP) is 6.38. The van der Waals surface area contributed by atoms with E-state index in [0.717, 1.165) is 32.1 Å². The predicted molar refractivity (Wildman–Crippen MR) is 135 cm³/mol. The number of aromatic amines is 1. The van der Waals surface area contributed by atoms with Gasteiger partial charge < -0.3 is 14.1 Å². The molecule has 0 saturated carbocycles. The number of anilines is 1. The van der Waals surface area contributed by atoms with Crippen LogP contribution in [-0.2, 0) is 0 Å². The lowest BCUT2D eigenvalue weighted by Crippen LogP contribution is -2.03. The Kier molecular flexibility index (Phi) is 5.58. The van der Waals surface area contributed by atoms with Gasteiger partial charge in [0.1, 0.15) is 5.75 Å². The molecule has 3 aromatic heterocycles. The maximum Gasteiger partial charge on any atom is 0.345 e. The highest BCUT2D eigenvalue weighted by Gasteiger charge is 2.13. The minimum atomic E-state index is -0.450. The Labute approximate surface area is 202 Å². The van der Waals surface area contributed by atoms with Gasteiger partial charge in [-0.1, -0.05) is 15.9 Å². The smallest absolute Gasteiger partial charge is 0.345 e. The van der Waals surface area contributed by atoms with Crippen molar-refractivity contribution in [3.63, 3.8) is 0 Å². The molecule has 2 N–H and O–H groups in total. The van der Waals surface area contributed by atoms with Crippen molar-refractivity contribution in [3.05, 3.63) is 72.9 Å². The number of thiazole rings is 1. The van der Waals surface area contributed by atoms with Gasteiger partial charge in [0.15, 0.2) is 5.58 Å². The van der Waals surface area contributed by atoms with E-state index < -0.39 is 5.63 Å². The van der Waals surface area contributed by atoms with Crippen LogP contribution in [0.15, 0.2) is 71.2 Å². The van der Waals surface area contributed by atoms with E-state index in [-0.39, 0.29) is 0 Å². The van der Waals surface area contributed by atoms with Crippen LogP contribution < -0.4 is 15.8 Å². The first kappa shape index (κ1) is 20.9. The summed E-state index contributed by atoms with van der Waals surface area (Å²) in [6.45, 7) is 0. The first-order chi connectivity index (χ1) is 15.5. The Morgan fingerprint density at radius 3 is 2.97 bits per heavy atom. The van der Waals surface area contributed by atoms with Gasteiger partial charge in [-0.2, -0.15) is 5.10 Å². The molecule has 3 heterocycles. The number of benzene rings is 2. The van der Waals surface area contributed by atoms with Crippen molar-refractivity contribution < 1.29 is 9.15 Å². The highest BCUT2D eigenvalue weighted by Crippen LogP contribution is 2.31. The summed E-state index contributed by atoms with van der Waals surface area (Å²) in [5, 5.41) is 8.43. The van der Waals surface area contributed by atoms with E-state index in [1.807, 2.05) is 36.5 Å². The molecule has 2 aromatic carbocycles. The zero-order valence-electron chi connectivity index (χ0n) is 16.5. The topological polar surface area (TPSA) is 92.5 Å². The van der Waals surface area contributed by atoms with Crippen molar-refractivity contribution in [2.45, 2.75) is 0 Å². The molecule has 0 amide bonds. The molecule has 0 bridgehead atoms. The lowest BCUT2D eigenvalue weighted by atomic mass is 10.1. The Hall–Kier alpha value is -2.95. The van der Waals surface area contributed by atoms with Crippen molar-refractivity contribution in [2.75, 3.05) is 12.5 Å². The third-order valence-corrected chi connectivity index (χ3v) is 6.61. The Morgan fingerprint density at radius 1 is 1.25 bits per heavy atom. The van der Waals surface area contributed by atoms with E-state index in [4.69, 9.17) is 9.15 Å². The van der Waals surface area contributed by atoms with E-state index in [1.54, 1.807) is 24.8 Å². The van der Waals surface area contributed by atoms with Gasteiger partial charge >= 0.3 is 5.63 Å². The van der Waals surface area contributed by atoms with Crippen LogP contribution in [0.1, 0.15) is 5.56 Å². The molecular weight excluding hydrogens is 560 g/mol. The summed E-state index contributed by atoms with van der Waals surface area (Å²) >= 11 is 8.23. The van der Waals surface area contributed by atoms with Crippen molar-refractivity contribution in [2.24, 2.45) is 5.10 Å². The number of rotatable bonds is 5. The van der Waals surface area contributed by atoms with E-state index in [2.05, 4.69) is 52.4 Å². The highest BCUT2D eigenvalue weighted by molar-refractivity contribution is 9.11. The number of hydrogen-bond acceptors (Lipinski definition) is 7. The SMILES string of the molecule is COc1ccc2[nH]cc(/C=N/Nc3nc(-c4cc5cc(Br)cc(Br)c5oc4=O)cs3)c2c1. The zero-order valence-corrected chi connectivity index (χ0v) is 20.5. The van der Waals surface area contributed by atoms with Crippen LogP contribution >= 0.6 is 43.2 Å². The molecule has 0 aliphatic carbocycles. The number of nitrogens with zero attached hydrogens (tertiary/aromatic N) is 2. The normalized spacial score (nSPS) is 11.6. The molecule has 5 aromatic rings. The summed E-state index contributed by atoms with van der Waals surface area (Å²) in [6, 6.07) is 11.3. The largest absolute Gasteiger partial charge is 0.497 e. The molecule has 0 atom stereocenters. The van der Waals surface area contributed by atoms with Crippen molar-refractivity contribution in [3.8, 4) is 17.0 Å². The van der Waals surface area contributed by atoms with E-state index in [9.17, 15) is 4.79 Å². The average Bonchev–Trinajstić information content (AvgIpc) is 3.41. The summed E-state index contributed by atoms with van der Waals surface area (Å²) in [5.41, 5.74) is 5.79. The summed E-state index contributed by atoms with van der Waals surface area (Å²) < 4.78 is 12.4. The molecule has 10 heteroatoms. The summed E-state index contributed by atoms with van der Waals surface area (Å²) in [5.74, 6) is 0.776. The van der Waals surface area contributed by atoms with Gasteiger partial charge in [-0.15, -0.1) is 11.3 Å². The molecular formula is C22H14Br2N4O3S. The Morgan fingerprint density at radius 2 is 2.12 bits per heavy atom. The maximum atomic E-state index is 12.5. The molecule has 0 unspecified atom stereocenters. The van der Waals surface area contributed by atoms with Crippen LogP contribution in [0.3, 0.4) is 0 Å². The van der Waals surface area contributed by atoms with E-state index in [1.165, 1.54) is 11.3 Å². The highest BCUT2D eigenvalue weighted by atomic mass is 79.9. The Bertz CT molecular complexity index is 1550. The molecule has 0 fully saturated rings. The molecule has 0 saturated heterocycles. The molecule has 160 valence electrons. The van der Waals surface area contributed by atoms with Crippen molar-refractivity contribution in [1.82, 2.24) is 9.97 Å². The summed E-state index contributed by atoms with van der Waals surface area (Å²) in [4.78, 5) is 20.2. The van der Waals surface area contributed by atoms with Gasteiger partial charge in [-0.05, 0) is 52.3 Å². The third kappa shape index (κ3) is 3.96. The lowest BCUT2D eigenvalue weighted by molar-refractivity contribution is 0.415. The number of methoxy groups -OCH3 is 1. The van der Waals surface area contributed by atoms with Crippen LogP contribution in [0.2, 0.25) is 0 Å². The molecule has 7 nitrogen and oxygen atoms in total. The molecule has 5 rings (SSSR count). The fourth-order valence-corrected chi connectivity index (χ4v) is 5.30. The average molecular weight is 574 g/mol. The van der Waals surface area contributed by atoms with Gasteiger partial charge in [0.05, 0.1) is 29.1 Å². The van der Waals surface area contributed by atoms with Gasteiger partial charge in [0.25, 0.3) is 0 Å². The second-order valence-electron chi connectivity index (χ2n) is 6.82. The third-order valence-electron chi connectivity index (χ3n) is 4.82. The van der Waals surface area contributed by atoms with Crippen molar-refractivity contribution in [1.29, 1.82) is 0 Å². The second-order valence-corrected chi connectivity index (χ2v) is 9.45. The number of halogens is 2. The first-order valence-electron chi connectivity index (χ1n) is 9.35. The molecule has 32 heavy (non-hydrogen) atoms. The van der Waals surface area contributed by atoms with Gasteiger partial charge in [0, 0.05) is 37.9 Å². The summed E-state index contributed by atoms with van der Waals surface area (Å²) in [6.07, 6.45) is 3.58. The van der Waals surface area contributed by atoms with Crippen LogP contribution in [0.4, 0.5) is 5.13 Å². The monoisotopic (exact) mass is 572 g/mol. The van der Waals surface area contributed by atoms with Gasteiger partial charge in [-0.25, -0.2) is 9.78 Å². The van der Waals surface area contributed by atoms with Crippen LogP contribution in [-0.4, -0.2) is 23.3 Å². The molecule has 0 radical (unpaired) electrons. The number of hydrazone groups is 1. The van der Waals surface area contributed by atoms with Crippen LogP contribution in [0.25, 0.3) is 33.1 Å². The van der Waals surface area contributed by atoms with Crippen molar-refractivity contribution >= 4 is 76.4 Å². The number of aromatic nitrogens is 2. The fourth-order valence-electron chi connectivity index (χ4n) is 3.30. The molecule has 0 aliphatic rings. The van der Waals surface area contributed by atoms with Crippen LogP contribution in [0.5, 0.6) is 5.75 Å². The van der Waals surface area contributed by atoms with E-state index >= 15 is 0 Å².